The van der Waals surface area contributed by atoms with E-state index in [0.29, 0.717) is 0 Å². The van der Waals surface area contributed by atoms with Crippen molar-refractivity contribution in [3.8, 4) is 0 Å². The van der Waals surface area contributed by atoms with Gasteiger partial charge in [-0.1, -0.05) is 41.6 Å². The predicted molar refractivity (Wildman–Crippen MR) is 52.3 cm³/mol. The van der Waals surface area contributed by atoms with Crippen LogP contribution in [0.2, 0.25) is 0 Å². The highest BCUT2D eigenvalue weighted by molar-refractivity contribution is 6.40. The predicted octanol–water partition coefficient (Wildman–Crippen LogP) is 1.61. The van der Waals surface area contributed by atoms with Crippen molar-refractivity contribution < 1.29 is 15.1 Å². The zero-order valence-corrected chi connectivity index (χ0v) is 7.29. The Morgan fingerprint density at radius 3 is 2.43 bits per heavy atom. The fourth-order valence-electron chi connectivity index (χ4n) is 0.887. The quantitative estimate of drug-likeness (QED) is 0.433. The van der Waals surface area contributed by atoms with E-state index in [4.69, 9.17) is 10.3 Å². The van der Waals surface area contributed by atoms with Gasteiger partial charge in [0.1, 0.15) is 0 Å². The Balaban J connectivity index is 2.78. The minimum Gasteiger partial charge on any atom is -0.476 e. The van der Waals surface area contributed by atoms with Crippen LogP contribution in [0.4, 0.5) is 0 Å². The van der Waals surface area contributed by atoms with Crippen molar-refractivity contribution in [3.05, 3.63) is 42.0 Å². The molecule has 1 rings (SSSR count). The lowest BCUT2D eigenvalue weighted by Crippen LogP contribution is -2.09. The number of nitrogens with zero attached hydrogens (tertiary/aromatic N) is 1. The van der Waals surface area contributed by atoms with Gasteiger partial charge in [0.25, 0.3) is 0 Å². The summed E-state index contributed by atoms with van der Waals surface area (Å²) in [6.45, 7) is 0. The molecule has 1 aromatic carbocycles. The first-order valence-corrected chi connectivity index (χ1v) is 3.92. The zero-order chi connectivity index (χ0) is 10.4. The fraction of sp³-hybridized carbons (Fsp3) is 0. The molecule has 0 radical (unpaired) electrons. The average Bonchev–Trinajstić information content (AvgIpc) is 2.20. The van der Waals surface area contributed by atoms with Crippen LogP contribution in [0.3, 0.4) is 0 Å². The molecular formula is C10H9NO3. The standard InChI is InChI=1S/C10H9NO3/c12-10(13)9(11-14)7-6-8-4-2-1-3-5-8/h1-7,14H,(H,12,13)/b7-6+,11-9+. The molecule has 0 saturated carbocycles. The van der Waals surface area contributed by atoms with E-state index in [9.17, 15) is 4.79 Å². The SMILES string of the molecule is O=C(O)C(/C=C/c1ccccc1)=N/O. The first-order chi connectivity index (χ1) is 6.74. The Kier molecular flexibility index (Phi) is 3.43. The molecule has 0 aliphatic carbocycles. The van der Waals surface area contributed by atoms with E-state index >= 15 is 0 Å². The lowest BCUT2D eigenvalue weighted by atomic mass is 10.2. The summed E-state index contributed by atoms with van der Waals surface area (Å²) in [4.78, 5) is 10.4. The summed E-state index contributed by atoms with van der Waals surface area (Å²) >= 11 is 0. The van der Waals surface area contributed by atoms with E-state index in [-0.39, 0.29) is 0 Å². The third-order valence-electron chi connectivity index (χ3n) is 1.56. The van der Waals surface area contributed by atoms with Crippen molar-refractivity contribution in [3.63, 3.8) is 0 Å². The van der Waals surface area contributed by atoms with Crippen LogP contribution in [0.15, 0.2) is 41.6 Å². The first-order valence-electron chi connectivity index (χ1n) is 3.92. The second kappa shape index (κ2) is 4.81. The van der Waals surface area contributed by atoms with Gasteiger partial charge in [0.2, 0.25) is 0 Å². The van der Waals surface area contributed by atoms with Gasteiger partial charge >= 0.3 is 5.97 Å². The molecule has 0 bridgehead atoms. The Hall–Kier alpha value is -2.10. The molecule has 2 N–H and O–H groups in total. The largest absolute Gasteiger partial charge is 0.476 e. The van der Waals surface area contributed by atoms with Crippen LogP contribution < -0.4 is 0 Å². The zero-order valence-electron chi connectivity index (χ0n) is 7.29. The highest BCUT2D eigenvalue weighted by atomic mass is 16.4. The van der Waals surface area contributed by atoms with Crippen LogP contribution in [0.5, 0.6) is 0 Å². The topological polar surface area (TPSA) is 69.9 Å². The first kappa shape index (κ1) is 9.98. The van der Waals surface area contributed by atoms with Crippen molar-refractivity contribution in [2.75, 3.05) is 0 Å². The maximum absolute atomic E-state index is 10.4. The molecule has 0 unspecified atom stereocenters. The van der Waals surface area contributed by atoms with Gasteiger partial charge in [-0.05, 0) is 11.6 Å². The van der Waals surface area contributed by atoms with Gasteiger partial charge in [-0.3, -0.25) is 0 Å². The molecule has 0 aliphatic heterocycles. The summed E-state index contributed by atoms with van der Waals surface area (Å²) in [7, 11) is 0. The summed E-state index contributed by atoms with van der Waals surface area (Å²) < 4.78 is 0. The van der Waals surface area contributed by atoms with Gasteiger partial charge in [0, 0.05) is 0 Å². The minimum absolute atomic E-state index is 0.395. The van der Waals surface area contributed by atoms with Crippen LogP contribution in [0.1, 0.15) is 5.56 Å². The van der Waals surface area contributed by atoms with E-state index in [0.717, 1.165) is 5.56 Å². The fourth-order valence-corrected chi connectivity index (χ4v) is 0.887. The number of aliphatic carboxylic acids is 1. The van der Waals surface area contributed by atoms with E-state index in [2.05, 4.69) is 5.16 Å². The van der Waals surface area contributed by atoms with Crippen LogP contribution in [-0.2, 0) is 4.79 Å². The summed E-state index contributed by atoms with van der Waals surface area (Å²) in [5.41, 5.74) is 0.448. The van der Waals surface area contributed by atoms with Crippen LogP contribution in [0.25, 0.3) is 6.08 Å². The third kappa shape index (κ3) is 2.75. The number of benzene rings is 1. The highest BCUT2D eigenvalue weighted by Crippen LogP contribution is 2.01. The number of hydrogen-bond acceptors (Lipinski definition) is 3. The molecule has 0 atom stereocenters. The summed E-state index contributed by atoms with van der Waals surface area (Å²) in [6.07, 6.45) is 2.79. The molecule has 14 heavy (non-hydrogen) atoms. The van der Waals surface area contributed by atoms with E-state index in [1.807, 2.05) is 30.3 Å². The van der Waals surface area contributed by atoms with Gasteiger partial charge < -0.3 is 10.3 Å². The van der Waals surface area contributed by atoms with Gasteiger partial charge in [-0.2, -0.15) is 0 Å². The molecule has 0 aromatic heterocycles. The molecule has 4 nitrogen and oxygen atoms in total. The summed E-state index contributed by atoms with van der Waals surface area (Å²) in [5, 5.41) is 19.5. The normalized spacial score (nSPS) is 11.9. The van der Waals surface area contributed by atoms with E-state index < -0.39 is 11.7 Å². The smallest absolute Gasteiger partial charge is 0.357 e. The molecule has 1 aromatic rings. The molecule has 0 heterocycles. The lowest BCUT2D eigenvalue weighted by Gasteiger charge is -1.91. The number of hydrogen-bond donors (Lipinski definition) is 2. The average molecular weight is 191 g/mol. The van der Waals surface area contributed by atoms with Crippen LogP contribution in [0, 0.1) is 0 Å². The number of carboxylic acids is 1. The van der Waals surface area contributed by atoms with Crippen molar-refractivity contribution in [1.29, 1.82) is 0 Å². The minimum atomic E-state index is -1.26. The van der Waals surface area contributed by atoms with E-state index in [1.54, 1.807) is 6.08 Å². The lowest BCUT2D eigenvalue weighted by molar-refractivity contribution is -0.129. The van der Waals surface area contributed by atoms with Crippen LogP contribution >= 0.6 is 0 Å². The number of carboxylic acid groups (broad SMARTS) is 1. The van der Waals surface area contributed by atoms with E-state index in [1.165, 1.54) is 6.08 Å². The second-order valence-corrected chi connectivity index (χ2v) is 2.53. The highest BCUT2D eigenvalue weighted by Gasteiger charge is 2.04. The van der Waals surface area contributed by atoms with Gasteiger partial charge in [-0.25, -0.2) is 4.79 Å². The molecule has 0 spiro atoms. The molecule has 4 heteroatoms. The Bertz CT molecular complexity index is 368. The Morgan fingerprint density at radius 2 is 1.93 bits per heavy atom. The van der Waals surface area contributed by atoms with Gasteiger partial charge in [-0.15, -0.1) is 0 Å². The maximum atomic E-state index is 10.4. The molecule has 0 fully saturated rings. The van der Waals surface area contributed by atoms with Crippen LogP contribution in [-0.4, -0.2) is 22.0 Å². The maximum Gasteiger partial charge on any atom is 0.357 e. The van der Waals surface area contributed by atoms with Crippen molar-refractivity contribution in [2.24, 2.45) is 5.16 Å². The van der Waals surface area contributed by atoms with Gasteiger partial charge in [0.05, 0.1) is 0 Å². The number of rotatable bonds is 3. The third-order valence-corrected chi connectivity index (χ3v) is 1.56. The Morgan fingerprint density at radius 1 is 1.29 bits per heavy atom. The van der Waals surface area contributed by atoms with Gasteiger partial charge in [0.15, 0.2) is 5.71 Å². The van der Waals surface area contributed by atoms with Crippen molar-refractivity contribution >= 4 is 17.8 Å². The molecular weight excluding hydrogens is 182 g/mol. The van der Waals surface area contributed by atoms with Crippen molar-refractivity contribution in [1.82, 2.24) is 0 Å². The summed E-state index contributed by atoms with van der Waals surface area (Å²) in [5.74, 6) is -1.26. The Labute approximate surface area is 80.8 Å². The second-order valence-electron chi connectivity index (χ2n) is 2.53. The molecule has 0 amide bonds. The number of carbonyl (C=O) groups is 1. The molecule has 0 aliphatic rings. The van der Waals surface area contributed by atoms with Crippen molar-refractivity contribution in [2.45, 2.75) is 0 Å². The molecule has 0 saturated heterocycles. The molecule has 72 valence electrons. The monoisotopic (exact) mass is 191 g/mol. The number of oxime groups is 1. The summed E-state index contributed by atoms with van der Waals surface area (Å²) in [6, 6.07) is 9.14.